The largest absolute Gasteiger partial charge is 0.0683 e. The van der Waals surface area contributed by atoms with Crippen LogP contribution in [0, 0.1) is 11.3 Å². The predicted molar refractivity (Wildman–Crippen MR) is 62.0 cm³/mol. The fourth-order valence-electron chi connectivity index (χ4n) is 2.63. The van der Waals surface area contributed by atoms with Crippen molar-refractivity contribution in [3.8, 4) is 0 Å². The second-order valence-electron chi connectivity index (χ2n) is 4.20. The van der Waals surface area contributed by atoms with Gasteiger partial charge >= 0.3 is 0 Å². The lowest BCUT2D eigenvalue weighted by atomic mass is 9.67. The molecular formula is C13H28. The monoisotopic (exact) mass is 184 g/mol. The lowest BCUT2D eigenvalue weighted by molar-refractivity contribution is 0.138. The zero-order chi connectivity index (χ0) is 10.3. The van der Waals surface area contributed by atoms with Crippen LogP contribution in [0.4, 0.5) is 0 Å². The molecule has 0 aliphatic heterocycles. The van der Waals surface area contributed by atoms with Gasteiger partial charge < -0.3 is 0 Å². The average molecular weight is 184 g/mol. The minimum Gasteiger partial charge on any atom is -0.0683 e. The highest BCUT2D eigenvalue weighted by molar-refractivity contribution is 4.93. The third-order valence-corrected chi connectivity index (χ3v) is 3.36. The molecule has 0 heteroatoms. The molecule has 0 saturated heterocycles. The molecule has 0 bridgehead atoms. The molecule has 0 aromatic rings. The van der Waals surface area contributed by atoms with Gasteiger partial charge in [0, 0.05) is 0 Å². The van der Waals surface area contributed by atoms with Crippen molar-refractivity contribution in [2.45, 2.75) is 73.1 Å². The molecule has 1 spiro atoms. The molecule has 2 rings (SSSR count). The smallest absolute Gasteiger partial charge is 0.0295 e. The van der Waals surface area contributed by atoms with E-state index >= 15 is 0 Å². The molecule has 2 aliphatic rings. The quantitative estimate of drug-likeness (QED) is 0.495. The summed E-state index contributed by atoms with van der Waals surface area (Å²) in [5.74, 6) is 1.05. The van der Waals surface area contributed by atoms with Crippen LogP contribution in [0.5, 0.6) is 0 Å². The minimum atomic E-state index is 0.888. The molecule has 0 N–H and O–H groups in total. The Bertz CT molecular complexity index is 111. The Morgan fingerprint density at radius 1 is 0.923 bits per heavy atom. The number of rotatable bonds is 0. The van der Waals surface area contributed by atoms with Gasteiger partial charge in [-0.3, -0.25) is 0 Å². The van der Waals surface area contributed by atoms with Crippen molar-refractivity contribution in [1.82, 2.24) is 0 Å². The molecule has 0 aromatic carbocycles. The third-order valence-electron chi connectivity index (χ3n) is 3.36. The van der Waals surface area contributed by atoms with Crippen molar-refractivity contribution in [1.29, 1.82) is 0 Å². The van der Waals surface area contributed by atoms with Crippen LogP contribution in [0.1, 0.15) is 73.1 Å². The fourth-order valence-corrected chi connectivity index (χ4v) is 2.63. The molecule has 0 aromatic heterocycles. The van der Waals surface area contributed by atoms with E-state index in [0.717, 1.165) is 11.3 Å². The van der Waals surface area contributed by atoms with E-state index in [4.69, 9.17) is 0 Å². The van der Waals surface area contributed by atoms with Crippen molar-refractivity contribution in [2.24, 2.45) is 11.3 Å². The lowest BCUT2D eigenvalue weighted by Gasteiger charge is -2.38. The van der Waals surface area contributed by atoms with E-state index in [1.54, 1.807) is 25.7 Å². The Morgan fingerprint density at radius 2 is 1.46 bits per heavy atom. The maximum absolute atomic E-state index is 2.41. The van der Waals surface area contributed by atoms with E-state index in [1.807, 2.05) is 27.7 Å². The average Bonchev–Trinajstić information content (AvgIpc) is 2.54. The molecule has 13 heavy (non-hydrogen) atoms. The van der Waals surface area contributed by atoms with E-state index in [2.05, 4.69) is 6.92 Å². The van der Waals surface area contributed by atoms with Crippen molar-refractivity contribution in [3.05, 3.63) is 0 Å². The van der Waals surface area contributed by atoms with E-state index < -0.39 is 0 Å². The maximum atomic E-state index is 2.41. The molecule has 0 amide bonds. The van der Waals surface area contributed by atoms with Crippen molar-refractivity contribution < 1.29 is 0 Å². The Balaban J connectivity index is 0.000000322. The first kappa shape index (κ1) is 13.0. The normalized spacial score (nSPS) is 27.9. The molecule has 0 heterocycles. The van der Waals surface area contributed by atoms with E-state index in [-0.39, 0.29) is 0 Å². The topological polar surface area (TPSA) is 0 Å². The van der Waals surface area contributed by atoms with Crippen molar-refractivity contribution in [2.75, 3.05) is 0 Å². The zero-order valence-electron chi connectivity index (χ0n) is 10.3. The maximum Gasteiger partial charge on any atom is -0.0295 e. The van der Waals surface area contributed by atoms with Gasteiger partial charge in [0.15, 0.2) is 0 Å². The van der Waals surface area contributed by atoms with E-state index in [0.29, 0.717) is 0 Å². The van der Waals surface area contributed by atoms with Crippen LogP contribution in [0.25, 0.3) is 0 Å². The summed E-state index contributed by atoms with van der Waals surface area (Å²) in [7, 11) is 0. The van der Waals surface area contributed by atoms with Crippen LogP contribution >= 0.6 is 0 Å². The highest BCUT2D eigenvalue weighted by atomic mass is 14.5. The first-order valence-electron chi connectivity index (χ1n) is 6.31. The highest BCUT2D eigenvalue weighted by Crippen LogP contribution is 2.54. The summed E-state index contributed by atoms with van der Waals surface area (Å²) in [6.45, 7) is 10.4. The number of hydrogen-bond acceptors (Lipinski definition) is 0. The Kier molecular flexibility index (Phi) is 6.45. The van der Waals surface area contributed by atoms with Crippen LogP contribution in [0.2, 0.25) is 0 Å². The molecule has 0 radical (unpaired) electrons. The molecule has 2 saturated carbocycles. The second kappa shape index (κ2) is 6.45. The first-order valence-corrected chi connectivity index (χ1v) is 6.31. The summed E-state index contributed by atoms with van der Waals surface area (Å²) >= 11 is 0. The van der Waals surface area contributed by atoms with Gasteiger partial charge in [-0.2, -0.15) is 0 Å². The molecule has 2 fully saturated rings. The summed E-state index contributed by atoms with van der Waals surface area (Å²) in [6.07, 6.45) is 9.24. The summed E-state index contributed by atoms with van der Waals surface area (Å²) in [5.41, 5.74) is 0.888. The molecule has 0 nitrogen and oxygen atoms in total. The highest BCUT2D eigenvalue weighted by Gasteiger charge is 2.41. The zero-order valence-corrected chi connectivity index (χ0v) is 10.3. The summed E-state index contributed by atoms with van der Waals surface area (Å²) in [5, 5.41) is 0. The van der Waals surface area contributed by atoms with Gasteiger partial charge in [0.05, 0.1) is 0 Å². The van der Waals surface area contributed by atoms with Gasteiger partial charge in [-0.15, -0.1) is 0 Å². The third kappa shape index (κ3) is 3.32. The van der Waals surface area contributed by atoms with Gasteiger partial charge in [0.25, 0.3) is 0 Å². The minimum absolute atomic E-state index is 0.888. The first-order chi connectivity index (χ1) is 6.31. The lowest BCUT2D eigenvalue weighted by Crippen LogP contribution is -2.25. The van der Waals surface area contributed by atoms with Crippen molar-refractivity contribution in [3.63, 3.8) is 0 Å². The van der Waals surface area contributed by atoms with Gasteiger partial charge in [0.1, 0.15) is 0 Å². The summed E-state index contributed by atoms with van der Waals surface area (Å²) in [4.78, 5) is 0. The number of hydrogen-bond donors (Lipinski definition) is 0. The second-order valence-corrected chi connectivity index (χ2v) is 4.20. The molecule has 1 atom stereocenters. The fraction of sp³-hybridized carbons (Fsp3) is 1.00. The SMILES string of the molecule is CC.CC.CC1CCC2(CCC2)C1. The Morgan fingerprint density at radius 3 is 1.62 bits per heavy atom. The molecular weight excluding hydrogens is 156 g/mol. The van der Waals surface area contributed by atoms with E-state index in [1.165, 1.54) is 12.8 Å². The van der Waals surface area contributed by atoms with Crippen molar-refractivity contribution >= 4 is 0 Å². The van der Waals surface area contributed by atoms with Crippen LogP contribution < -0.4 is 0 Å². The van der Waals surface area contributed by atoms with Gasteiger partial charge in [0.2, 0.25) is 0 Å². The van der Waals surface area contributed by atoms with Crippen LogP contribution in [-0.2, 0) is 0 Å². The predicted octanol–water partition coefficient (Wildman–Crippen LogP) is 5.03. The van der Waals surface area contributed by atoms with Gasteiger partial charge in [-0.05, 0) is 37.0 Å². The van der Waals surface area contributed by atoms with E-state index in [9.17, 15) is 0 Å². The standard InChI is InChI=1S/C9H16.2C2H6/c1-8-3-6-9(7-8)4-2-5-9;2*1-2/h8H,2-7H2,1H3;2*1-2H3. The molecule has 1 unspecified atom stereocenters. The van der Waals surface area contributed by atoms with Gasteiger partial charge in [-0.25, -0.2) is 0 Å². The van der Waals surface area contributed by atoms with Crippen LogP contribution in [0.15, 0.2) is 0 Å². The summed E-state index contributed by atoms with van der Waals surface area (Å²) in [6, 6.07) is 0. The molecule has 80 valence electrons. The Labute approximate surface area is 85.1 Å². The van der Waals surface area contributed by atoms with Crippen LogP contribution in [-0.4, -0.2) is 0 Å². The summed E-state index contributed by atoms with van der Waals surface area (Å²) < 4.78 is 0. The van der Waals surface area contributed by atoms with Gasteiger partial charge in [-0.1, -0.05) is 47.5 Å². The van der Waals surface area contributed by atoms with Crippen LogP contribution in [0.3, 0.4) is 0 Å². The Hall–Kier alpha value is 0. The molecule has 2 aliphatic carbocycles.